The lowest BCUT2D eigenvalue weighted by atomic mass is 10.00. The molecule has 0 aromatic carbocycles. The Labute approximate surface area is 140 Å². The summed E-state index contributed by atoms with van der Waals surface area (Å²) in [5, 5.41) is 11.0. The van der Waals surface area contributed by atoms with Crippen molar-refractivity contribution in [1.82, 2.24) is 25.2 Å². The quantitative estimate of drug-likeness (QED) is 0.893. The highest BCUT2D eigenvalue weighted by atomic mass is 16.5. The summed E-state index contributed by atoms with van der Waals surface area (Å²) < 4.78 is 11.1. The molecule has 0 spiro atoms. The molecule has 2 aromatic rings. The summed E-state index contributed by atoms with van der Waals surface area (Å²) in [7, 11) is 1.77. The second-order valence-corrected chi connectivity index (χ2v) is 6.19. The molecular weight excluding hydrogens is 310 g/mol. The first-order chi connectivity index (χ1) is 11.5. The Kier molecular flexibility index (Phi) is 4.66. The minimum absolute atomic E-state index is 0.0917. The molecule has 24 heavy (non-hydrogen) atoms. The maximum atomic E-state index is 12.8. The first kappa shape index (κ1) is 16.6. The average molecular weight is 333 g/mol. The molecule has 0 saturated carbocycles. The molecule has 1 amide bonds. The Morgan fingerprint density at radius 2 is 2.21 bits per heavy atom. The van der Waals surface area contributed by atoms with Gasteiger partial charge in [-0.15, -0.1) is 0 Å². The molecule has 0 unspecified atom stereocenters. The molecule has 8 heteroatoms. The summed E-state index contributed by atoms with van der Waals surface area (Å²) in [5.74, 6) is 2.17. The van der Waals surface area contributed by atoms with E-state index in [0.717, 1.165) is 18.1 Å². The summed E-state index contributed by atoms with van der Waals surface area (Å²) in [5.41, 5.74) is 1.18. The standard InChI is InChI=1S/C16H23N5O3/c1-5-12-14(9(2)20-24-12)16(22)21(4)8-13-11(6-7-23-13)15-17-10(3)18-19-15/h11,13H,5-8H2,1-4H3,(H,17,18,19)/t11-,13-/m1/s1. The molecule has 0 bridgehead atoms. The molecule has 3 heterocycles. The van der Waals surface area contributed by atoms with E-state index in [0.29, 0.717) is 36.6 Å². The van der Waals surface area contributed by atoms with Crippen molar-refractivity contribution >= 4 is 5.91 Å². The van der Waals surface area contributed by atoms with Gasteiger partial charge in [0.25, 0.3) is 5.91 Å². The van der Waals surface area contributed by atoms with E-state index in [1.54, 1.807) is 18.9 Å². The van der Waals surface area contributed by atoms with Gasteiger partial charge in [0.15, 0.2) is 5.82 Å². The Hall–Kier alpha value is -2.22. The van der Waals surface area contributed by atoms with Crippen LogP contribution in [-0.2, 0) is 11.2 Å². The Morgan fingerprint density at radius 1 is 1.42 bits per heavy atom. The molecule has 0 radical (unpaired) electrons. The van der Waals surface area contributed by atoms with E-state index < -0.39 is 0 Å². The highest BCUT2D eigenvalue weighted by Crippen LogP contribution is 2.30. The van der Waals surface area contributed by atoms with Gasteiger partial charge in [-0.1, -0.05) is 12.1 Å². The van der Waals surface area contributed by atoms with Crippen molar-refractivity contribution in [2.45, 2.75) is 45.6 Å². The van der Waals surface area contributed by atoms with E-state index in [9.17, 15) is 4.79 Å². The van der Waals surface area contributed by atoms with Gasteiger partial charge < -0.3 is 14.2 Å². The van der Waals surface area contributed by atoms with Crippen LogP contribution in [-0.4, -0.2) is 57.4 Å². The summed E-state index contributed by atoms with van der Waals surface area (Å²) >= 11 is 0. The molecule has 3 rings (SSSR count). The van der Waals surface area contributed by atoms with Crippen molar-refractivity contribution in [3.8, 4) is 0 Å². The van der Waals surface area contributed by atoms with E-state index >= 15 is 0 Å². The van der Waals surface area contributed by atoms with Gasteiger partial charge in [0.2, 0.25) is 0 Å². The highest BCUT2D eigenvalue weighted by molar-refractivity contribution is 5.96. The van der Waals surface area contributed by atoms with Crippen molar-refractivity contribution < 1.29 is 14.1 Å². The zero-order valence-electron chi connectivity index (χ0n) is 14.5. The van der Waals surface area contributed by atoms with Gasteiger partial charge >= 0.3 is 0 Å². The largest absolute Gasteiger partial charge is 0.376 e. The van der Waals surface area contributed by atoms with Gasteiger partial charge in [-0.3, -0.25) is 9.89 Å². The molecule has 1 N–H and O–H groups in total. The first-order valence-electron chi connectivity index (χ1n) is 8.22. The van der Waals surface area contributed by atoms with Crippen LogP contribution in [0.4, 0.5) is 0 Å². The van der Waals surface area contributed by atoms with Crippen molar-refractivity contribution in [3.05, 3.63) is 28.7 Å². The number of carbonyl (C=O) groups is 1. The molecule has 1 saturated heterocycles. The number of hydrogen-bond acceptors (Lipinski definition) is 6. The van der Waals surface area contributed by atoms with Crippen LogP contribution in [0.5, 0.6) is 0 Å². The van der Waals surface area contributed by atoms with Crippen LogP contribution in [0.2, 0.25) is 0 Å². The third-order valence-electron chi connectivity index (χ3n) is 4.42. The molecule has 1 aliphatic heterocycles. The lowest BCUT2D eigenvalue weighted by Gasteiger charge is -2.23. The van der Waals surface area contributed by atoms with Gasteiger partial charge in [0, 0.05) is 26.6 Å². The first-order valence-corrected chi connectivity index (χ1v) is 8.22. The van der Waals surface area contributed by atoms with Gasteiger partial charge in [0.05, 0.1) is 17.7 Å². The van der Waals surface area contributed by atoms with Crippen molar-refractivity contribution in [2.24, 2.45) is 0 Å². The second kappa shape index (κ2) is 6.72. The van der Waals surface area contributed by atoms with Gasteiger partial charge in [-0.05, 0) is 20.3 Å². The third-order valence-corrected chi connectivity index (χ3v) is 4.42. The van der Waals surface area contributed by atoms with Crippen LogP contribution in [0.1, 0.15) is 52.7 Å². The Bertz CT molecular complexity index is 723. The van der Waals surface area contributed by atoms with Crippen LogP contribution in [0.25, 0.3) is 0 Å². The van der Waals surface area contributed by atoms with Crippen LogP contribution in [0.3, 0.4) is 0 Å². The smallest absolute Gasteiger partial charge is 0.259 e. The number of aryl methyl sites for hydroxylation is 3. The molecule has 1 fully saturated rings. The van der Waals surface area contributed by atoms with E-state index in [1.807, 2.05) is 13.8 Å². The molecule has 0 aliphatic carbocycles. The number of amides is 1. The van der Waals surface area contributed by atoms with E-state index in [4.69, 9.17) is 9.26 Å². The normalized spacial score (nSPS) is 20.5. The number of nitrogens with zero attached hydrogens (tertiary/aromatic N) is 4. The number of aromatic amines is 1. The van der Waals surface area contributed by atoms with Crippen molar-refractivity contribution in [2.75, 3.05) is 20.2 Å². The topological polar surface area (TPSA) is 97.1 Å². The zero-order chi connectivity index (χ0) is 17.3. The summed E-state index contributed by atoms with van der Waals surface area (Å²) in [6.07, 6.45) is 1.38. The fourth-order valence-electron chi connectivity index (χ4n) is 3.13. The number of likely N-dealkylation sites (N-methyl/N-ethyl adjacent to an activating group) is 1. The molecule has 2 aromatic heterocycles. The van der Waals surface area contributed by atoms with Gasteiger partial charge in [-0.2, -0.15) is 5.10 Å². The summed E-state index contributed by atoms with van der Waals surface area (Å²) in [6, 6.07) is 0. The predicted octanol–water partition coefficient (Wildman–Crippen LogP) is 1.62. The monoisotopic (exact) mass is 333 g/mol. The maximum absolute atomic E-state index is 12.8. The predicted molar refractivity (Wildman–Crippen MR) is 85.8 cm³/mol. The van der Waals surface area contributed by atoms with E-state index in [-0.39, 0.29) is 17.9 Å². The highest BCUT2D eigenvalue weighted by Gasteiger charge is 2.35. The summed E-state index contributed by atoms with van der Waals surface area (Å²) in [4.78, 5) is 18.9. The fraction of sp³-hybridized carbons (Fsp3) is 0.625. The number of aromatic nitrogens is 4. The lowest BCUT2D eigenvalue weighted by molar-refractivity contribution is 0.0548. The SMILES string of the molecule is CCc1onc(C)c1C(=O)N(C)C[C@H]1OCC[C@H]1c1n[nH]c(C)n1. The van der Waals surface area contributed by atoms with Crippen molar-refractivity contribution in [1.29, 1.82) is 0 Å². The number of rotatable bonds is 5. The van der Waals surface area contributed by atoms with Crippen LogP contribution in [0, 0.1) is 13.8 Å². The average Bonchev–Trinajstić information content (AvgIpc) is 3.26. The minimum Gasteiger partial charge on any atom is -0.376 e. The molecule has 130 valence electrons. The van der Waals surface area contributed by atoms with Crippen LogP contribution < -0.4 is 0 Å². The molecule has 1 aliphatic rings. The molecule has 2 atom stereocenters. The zero-order valence-corrected chi connectivity index (χ0v) is 14.5. The maximum Gasteiger partial charge on any atom is 0.259 e. The summed E-state index contributed by atoms with van der Waals surface area (Å²) in [6.45, 7) is 6.73. The number of ether oxygens (including phenoxy) is 1. The van der Waals surface area contributed by atoms with Gasteiger partial charge in [0.1, 0.15) is 17.1 Å². The number of nitrogens with one attached hydrogen (secondary N) is 1. The fourth-order valence-corrected chi connectivity index (χ4v) is 3.13. The number of carbonyl (C=O) groups excluding carboxylic acids is 1. The Morgan fingerprint density at radius 3 is 2.88 bits per heavy atom. The number of H-pyrrole nitrogens is 1. The third kappa shape index (κ3) is 3.06. The molecular formula is C16H23N5O3. The van der Waals surface area contributed by atoms with Crippen LogP contribution >= 0.6 is 0 Å². The number of hydrogen-bond donors (Lipinski definition) is 1. The van der Waals surface area contributed by atoms with Gasteiger partial charge in [-0.25, -0.2) is 4.98 Å². The van der Waals surface area contributed by atoms with Crippen molar-refractivity contribution in [3.63, 3.8) is 0 Å². The van der Waals surface area contributed by atoms with Crippen LogP contribution in [0.15, 0.2) is 4.52 Å². The molecule has 8 nitrogen and oxygen atoms in total. The Balaban J connectivity index is 1.72. The lowest BCUT2D eigenvalue weighted by Crippen LogP contribution is -2.37. The minimum atomic E-state index is -0.112. The van der Waals surface area contributed by atoms with E-state index in [2.05, 4.69) is 20.3 Å². The van der Waals surface area contributed by atoms with E-state index in [1.165, 1.54) is 0 Å². The second-order valence-electron chi connectivity index (χ2n) is 6.19.